The molecule has 0 aliphatic rings. The van der Waals surface area contributed by atoms with Gasteiger partial charge in [-0.3, -0.25) is 9.59 Å². The minimum absolute atomic E-state index is 0.110. The van der Waals surface area contributed by atoms with Crippen LogP contribution in [0.4, 0.5) is 5.69 Å². The molecule has 0 saturated carbocycles. The summed E-state index contributed by atoms with van der Waals surface area (Å²) >= 11 is 0. The summed E-state index contributed by atoms with van der Waals surface area (Å²) in [4.78, 5) is 37.0. The molecule has 0 aliphatic carbocycles. The molecule has 0 bridgehead atoms. The topological polar surface area (TPSA) is 131 Å². The van der Waals surface area contributed by atoms with Crippen molar-refractivity contribution in [3.05, 3.63) is 78.0 Å². The zero-order valence-corrected chi connectivity index (χ0v) is 22.1. The van der Waals surface area contributed by atoms with E-state index in [-0.39, 0.29) is 17.2 Å². The van der Waals surface area contributed by atoms with Crippen LogP contribution in [0.3, 0.4) is 0 Å². The maximum absolute atomic E-state index is 13.0. The number of benzene rings is 2. The number of ether oxygens (including phenoxy) is 2. The van der Waals surface area contributed by atoms with Crippen molar-refractivity contribution in [2.75, 3.05) is 19.5 Å². The number of aromatic nitrogens is 2. The lowest BCUT2D eigenvalue weighted by molar-refractivity contribution is -0.139. The van der Waals surface area contributed by atoms with Crippen molar-refractivity contribution in [2.45, 2.75) is 26.3 Å². The van der Waals surface area contributed by atoms with Crippen molar-refractivity contribution in [2.24, 2.45) is 5.92 Å². The van der Waals surface area contributed by atoms with Crippen LogP contribution in [0, 0.1) is 5.92 Å². The summed E-state index contributed by atoms with van der Waals surface area (Å²) in [6.45, 7) is 3.78. The van der Waals surface area contributed by atoms with Crippen molar-refractivity contribution < 1.29 is 29.0 Å². The minimum Gasteiger partial charge on any atom is -0.493 e. The van der Waals surface area contributed by atoms with Crippen LogP contribution < -0.4 is 20.1 Å². The van der Waals surface area contributed by atoms with Gasteiger partial charge in [-0.1, -0.05) is 19.9 Å². The van der Waals surface area contributed by atoms with E-state index in [1.54, 1.807) is 43.0 Å². The number of amides is 2. The van der Waals surface area contributed by atoms with Crippen LogP contribution in [0.5, 0.6) is 11.5 Å². The third-order valence-electron chi connectivity index (χ3n) is 6.11. The third-order valence-corrected chi connectivity index (χ3v) is 6.11. The fourth-order valence-electron chi connectivity index (χ4n) is 4.18. The van der Waals surface area contributed by atoms with E-state index in [9.17, 15) is 19.5 Å². The summed E-state index contributed by atoms with van der Waals surface area (Å²) in [6, 6.07) is 18.1. The minimum atomic E-state index is -1.08. The Morgan fingerprint density at radius 2 is 1.64 bits per heavy atom. The summed E-state index contributed by atoms with van der Waals surface area (Å²) in [7, 11) is 3.14. The molecule has 0 fully saturated rings. The van der Waals surface area contributed by atoms with E-state index >= 15 is 0 Å². The highest BCUT2D eigenvalue weighted by molar-refractivity contribution is 6.04. The molecule has 2 heterocycles. The van der Waals surface area contributed by atoms with Gasteiger partial charge in [0.15, 0.2) is 17.2 Å². The van der Waals surface area contributed by atoms with Gasteiger partial charge in [-0.25, -0.2) is 9.31 Å². The van der Waals surface area contributed by atoms with E-state index < -0.39 is 23.8 Å². The average Bonchev–Trinajstić information content (AvgIpc) is 3.37. The Bertz CT molecular complexity index is 1510. The molecule has 3 N–H and O–H groups in total. The summed E-state index contributed by atoms with van der Waals surface area (Å²) < 4.78 is 12.4. The van der Waals surface area contributed by atoms with Crippen molar-refractivity contribution in [1.82, 2.24) is 14.9 Å². The molecule has 4 aromatic rings. The Hall–Kier alpha value is -4.86. The number of nitrogens with zero attached hydrogens (tertiary/aromatic N) is 2. The quantitative estimate of drug-likeness (QED) is 0.275. The van der Waals surface area contributed by atoms with Gasteiger partial charge in [0.25, 0.3) is 11.8 Å². The second-order valence-electron chi connectivity index (χ2n) is 9.37. The Morgan fingerprint density at radius 3 is 2.28 bits per heavy atom. The zero-order valence-electron chi connectivity index (χ0n) is 22.1. The van der Waals surface area contributed by atoms with Gasteiger partial charge >= 0.3 is 5.97 Å². The number of carbonyl (C=O) groups is 3. The number of hydrogen-bond donors (Lipinski definition) is 3. The summed E-state index contributed by atoms with van der Waals surface area (Å²) in [5.74, 6) is -0.704. The number of methoxy groups -OCH3 is 2. The molecule has 0 unspecified atom stereocenters. The first-order valence-electron chi connectivity index (χ1n) is 12.4. The van der Waals surface area contributed by atoms with Gasteiger partial charge in [0.1, 0.15) is 6.04 Å². The van der Waals surface area contributed by atoms with Gasteiger partial charge in [0.05, 0.1) is 25.4 Å². The Labute approximate surface area is 225 Å². The van der Waals surface area contributed by atoms with Gasteiger partial charge in [0.2, 0.25) is 0 Å². The molecule has 2 aromatic carbocycles. The van der Waals surface area contributed by atoms with E-state index in [1.807, 2.05) is 44.2 Å². The molecule has 4 rings (SSSR count). The molecule has 0 radical (unpaired) electrons. The number of hydrogen-bond acceptors (Lipinski definition) is 6. The number of aliphatic carboxylic acids is 1. The molecule has 1 atom stereocenters. The first-order chi connectivity index (χ1) is 18.7. The maximum Gasteiger partial charge on any atom is 0.326 e. The lowest BCUT2D eigenvalue weighted by Crippen LogP contribution is -2.41. The van der Waals surface area contributed by atoms with Crippen molar-refractivity contribution in [1.29, 1.82) is 0 Å². The van der Waals surface area contributed by atoms with Gasteiger partial charge in [-0.15, -0.1) is 0 Å². The highest BCUT2D eigenvalue weighted by atomic mass is 16.5. The van der Waals surface area contributed by atoms with Crippen LogP contribution in [-0.2, 0) is 4.79 Å². The molecular weight excluding hydrogens is 500 g/mol. The monoisotopic (exact) mass is 530 g/mol. The molecule has 39 heavy (non-hydrogen) atoms. The fourth-order valence-corrected chi connectivity index (χ4v) is 4.18. The van der Waals surface area contributed by atoms with Gasteiger partial charge in [-0.2, -0.15) is 5.10 Å². The van der Waals surface area contributed by atoms with Crippen LogP contribution in [0.1, 0.15) is 41.1 Å². The maximum atomic E-state index is 13.0. The van der Waals surface area contributed by atoms with E-state index in [0.717, 1.165) is 16.8 Å². The molecule has 2 amide bonds. The third kappa shape index (κ3) is 6.18. The number of carbonyl (C=O) groups excluding carboxylic acids is 2. The smallest absolute Gasteiger partial charge is 0.326 e. The van der Waals surface area contributed by atoms with Crippen molar-refractivity contribution in [3.8, 4) is 22.8 Å². The summed E-state index contributed by atoms with van der Waals surface area (Å²) in [5, 5.41) is 19.2. The normalized spacial score (nSPS) is 11.7. The second kappa shape index (κ2) is 11.7. The highest BCUT2D eigenvalue weighted by Crippen LogP contribution is 2.32. The number of carboxylic acid groups (broad SMARTS) is 1. The van der Waals surface area contributed by atoms with Crippen LogP contribution in [0.25, 0.3) is 16.8 Å². The standard InChI is InChI=1S/C29H30N4O6/c1-17(2)14-23(29(36)37)31-27(34)18-8-11-20(12-9-18)30-28(35)22-16-21-6-5-7-24(33(21)32-22)19-10-13-25(38-3)26(15-19)39-4/h5-13,15-17,23H,14H2,1-4H3,(H,30,35)(H,31,34)(H,36,37)/t23-/m0/s1. The molecule has 2 aromatic heterocycles. The average molecular weight is 531 g/mol. The summed E-state index contributed by atoms with van der Waals surface area (Å²) in [5.41, 5.74) is 3.29. The number of pyridine rings is 1. The Balaban J connectivity index is 1.50. The molecular formula is C29H30N4O6. The van der Waals surface area contributed by atoms with Gasteiger partial charge in [-0.05, 0) is 73.0 Å². The molecule has 0 saturated heterocycles. The largest absolute Gasteiger partial charge is 0.493 e. The van der Waals surface area contributed by atoms with E-state index in [1.165, 1.54) is 12.1 Å². The SMILES string of the molecule is COc1ccc(-c2cccc3cc(C(=O)Nc4ccc(C(=O)N[C@@H](CC(C)C)C(=O)O)cc4)nn23)cc1OC. The number of carboxylic acids is 1. The predicted octanol–water partition coefficient (Wildman–Crippen LogP) is 4.50. The van der Waals surface area contributed by atoms with Gasteiger partial charge < -0.3 is 25.2 Å². The van der Waals surface area contributed by atoms with Crippen LogP contribution in [-0.4, -0.2) is 52.8 Å². The number of anilines is 1. The molecule has 10 nitrogen and oxygen atoms in total. The molecule has 0 spiro atoms. The first kappa shape index (κ1) is 27.2. The predicted molar refractivity (Wildman–Crippen MR) is 146 cm³/mol. The lowest BCUT2D eigenvalue weighted by Gasteiger charge is -2.16. The number of nitrogens with one attached hydrogen (secondary N) is 2. The number of rotatable bonds is 10. The van der Waals surface area contributed by atoms with Crippen LogP contribution >= 0.6 is 0 Å². The first-order valence-corrected chi connectivity index (χ1v) is 12.4. The lowest BCUT2D eigenvalue weighted by atomic mass is 10.0. The molecule has 0 aliphatic heterocycles. The Kier molecular flexibility index (Phi) is 8.14. The fraction of sp³-hybridized carbons (Fsp3) is 0.241. The Morgan fingerprint density at radius 1 is 0.923 bits per heavy atom. The van der Waals surface area contributed by atoms with Crippen LogP contribution in [0.15, 0.2) is 66.7 Å². The summed E-state index contributed by atoms with van der Waals surface area (Å²) in [6.07, 6.45) is 0.321. The number of fused-ring (bicyclic) bond motifs is 1. The zero-order chi connectivity index (χ0) is 28.1. The second-order valence-corrected chi connectivity index (χ2v) is 9.37. The van der Waals surface area contributed by atoms with E-state index in [0.29, 0.717) is 23.6 Å². The van der Waals surface area contributed by atoms with E-state index in [4.69, 9.17) is 9.47 Å². The molecule has 202 valence electrons. The highest BCUT2D eigenvalue weighted by Gasteiger charge is 2.22. The van der Waals surface area contributed by atoms with Crippen molar-refractivity contribution >= 4 is 29.0 Å². The van der Waals surface area contributed by atoms with Crippen molar-refractivity contribution in [3.63, 3.8) is 0 Å². The van der Waals surface area contributed by atoms with Crippen LogP contribution in [0.2, 0.25) is 0 Å². The molecule has 10 heteroatoms. The van der Waals surface area contributed by atoms with Gasteiger partial charge in [0, 0.05) is 16.8 Å². The van der Waals surface area contributed by atoms with E-state index in [2.05, 4.69) is 15.7 Å².